The molecule has 1 saturated carbocycles. The molecule has 1 fully saturated rings. The maximum Gasteiger partial charge on any atom is 0.443 e. The van der Waals surface area contributed by atoms with Gasteiger partial charge in [-0.1, -0.05) is 79.9 Å². The fraction of sp³-hybridized carbons (Fsp3) is 0.440. The molecular weight excluding hydrogens is 456 g/mol. The summed E-state index contributed by atoms with van der Waals surface area (Å²) in [7, 11) is 0. The van der Waals surface area contributed by atoms with Crippen molar-refractivity contribution in [2.24, 2.45) is 15.9 Å². The van der Waals surface area contributed by atoms with Gasteiger partial charge in [-0.15, -0.1) is 0 Å². The van der Waals surface area contributed by atoms with Crippen LogP contribution in [0.5, 0.6) is 0 Å². The molecule has 0 unspecified atom stereocenters. The highest BCUT2D eigenvalue weighted by atomic mass is 19.4. The first-order chi connectivity index (χ1) is 16.1. The molecule has 0 N–H and O–H groups in total. The second-order valence-corrected chi connectivity index (χ2v) is 8.66. The Morgan fingerprint density at radius 1 is 0.765 bits per heavy atom. The number of rotatable bonds is 5. The number of hydrogen-bond donors (Lipinski definition) is 0. The molecule has 1 heterocycles. The summed E-state index contributed by atoms with van der Waals surface area (Å²) >= 11 is 0. The van der Waals surface area contributed by atoms with Gasteiger partial charge in [-0.2, -0.15) is 26.3 Å². The average Bonchev–Trinajstić information content (AvgIpc) is 2.82. The van der Waals surface area contributed by atoms with E-state index in [-0.39, 0.29) is 23.8 Å². The molecule has 2 aliphatic rings. The molecule has 34 heavy (non-hydrogen) atoms. The Labute approximate surface area is 194 Å². The van der Waals surface area contributed by atoms with Gasteiger partial charge in [0.05, 0.1) is 0 Å². The normalized spacial score (nSPS) is 19.5. The van der Waals surface area contributed by atoms with Gasteiger partial charge in [0.15, 0.2) is 0 Å². The van der Waals surface area contributed by atoms with Crippen LogP contribution in [-0.4, -0.2) is 41.1 Å². The Morgan fingerprint density at radius 2 is 1.32 bits per heavy atom. The smallest absolute Gasteiger partial charge is 0.314 e. The predicted molar refractivity (Wildman–Crippen MR) is 119 cm³/mol. The lowest BCUT2D eigenvalue weighted by molar-refractivity contribution is -0.293. The molecule has 1 aliphatic carbocycles. The first-order valence-electron chi connectivity index (χ1n) is 11.3. The molecule has 182 valence electrons. The zero-order valence-electron chi connectivity index (χ0n) is 18.4. The van der Waals surface area contributed by atoms with Crippen molar-refractivity contribution in [3.63, 3.8) is 0 Å². The molecule has 0 spiro atoms. The Hall–Kier alpha value is -2.84. The van der Waals surface area contributed by atoms with E-state index in [4.69, 9.17) is 0 Å². The number of amidine groups is 2. The second kappa shape index (κ2) is 9.43. The van der Waals surface area contributed by atoms with E-state index in [0.717, 1.165) is 24.8 Å². The van der Waals surface area contributed by atoms with E-state index in [0.29, 0.717) is 19.3 Å². The van der Waals surface area contributed by atoms with E-state index in [1.54, 1.807) is 18.2 Å². The van der Waals surface area contributed by atoms with Gasteiger partial charge < -0.3 is 4.90 Å². The number of hydrogen-bond acceptors (Lipinski definition) is 3. The molecule has 0 aromatic heterocycles. The summed E-state index contributed by atoms with van der Waals surface area (Å²) in [5, 5.41) is 0. The van der Waals surface area contributed by atoms with Gasteiger partial charge in [-0.3, -0.25) is 0 Å². The Morgan fingerprint density at radius 3 is 1.88 bits per heavy atom. The summed E-state index contributed by atoms with van der Waals surface area (Å²) in [6.45, 7) is 0.166. The third-order valence-electron chi connectivity index (χ3n) is 6.34. The van der Waals surface area contributed by atoms with Gasteiger partial charge in [0.25, 0.3) is 0 Å². The quantitative estimate of drug-likeness (QED) is 0.432. The number of benzene rings is 2. The molecule has 2 aromatic carbocycles. The van der Waals surface area contributed by atoms with Crippen molar-refractivity contribution < 1.29 is 26.3 Å². The molecule has 3 nitrogen and oxygen atoms in total. The van der Waals surface area contributed by atoms with E-state index in [2.05, 4.69) is 9.98 Å². The van der Waals surface area contributed by atoms with Crippen LogP contribution >= 0.6 is 0 Å². The van der Waals surface area contributed by atoms with Crippen LogP contribution in [0.4, 0.5) is 26.3 Å². The van der Waals surface area contributed by atoms with Gasteiger partial charge in [0, 0.05) is 18.0 Å². The van der Waals surface area contributed by atoms with Crippen molar-refractivity contribution in [1.29, 1.82) is 0 Å². The van der Waals surface area contributed by atoms with Gasteiger partial charge in [0.2, 0.25) is 0 Å². The second-order valence-electron chi connectivity index (χ2n) is 8.66. The van der Waals surface area contributed by atoms with E-state index in [1.165, 1.54) is 17.0 Å². The lowest BCUT2D eigenvalue weighted by atomic mass is 9.86. The molecule has 0 saturated heterocycles. The molecule has 1 aliphatic heterocycles. The van der Waals surface area contributed by atoms with Gasteiger partial charge >= 0.3 is 18.0 Å². The van der Waals surface area contributed by atoms with Crippen molar-refractivity contribution in [3.8, 4) is 0 Å². The van der Waals surface area contributed by atoms with Crippen LogP contribution in [0.15, 0.2) is 70.6 Å². The number of aliphatic imine (C=N–C) groups is 2. The molecule has 9 heteroatoms. The zero-order valence-corrected chi connectivity index (χ0v) is 18.4. The molecule has 4 rings (SSSR count). The summed E-state index contributed by atoms with van der Waals surface area (Å²) in [5.41, 5.74) is -3.42. The predicted octanol–water partition coefficient (Wildman–Crippen LogP) is 6.79. The summed E-state index contributed by atoms with van der Waals surface area (Å²) < 4.78 is 84.9. The Kier molecular flexibility index (Phi) is 6.73. The number of halogens is 6. The van der Waals surface area contributed by atoms with Gasteiger partial charge in [-0.05, 0) is 24.8 Å². The fourth-order valence-electron chi connectivity index (χ4n) is 4.57. The monoisotopic (exact) mass is 481 g/mol. The highest BCUT2D eigenvalue weighted by Crippen LogP contribution is 2.50. The zero-order chi connectivity index (χ0) is 24.4. The van der Waals surface area contributed by atoms with E-state index < -0.39 is 23.9 Å². The first-order valence-corrected chi connectivity index (χ1v) is 11.3. The minimum atomic E-state index is -5.74. The van der Waals surface area contributed by atoms with Crippen molar-refractivity contribution in [1.82, 2.24) is 4.90 Å². The molecular formula is C25H25F6N3. The lowest BCUT2D eigenvalue weighted by Gasteiger charge is -2.42. The summed E-state index contributed by atoms with van der Waals surface area (Å²) in [4.78, 5) is 8.30. The van der Waals surface area contributed by atoms with Gasteiger partial charge in [-0.25, -0.2) is 9.98 Å². The molecule has 2 aromatic rings. The summed E-state index contributed by atoms with van der Waals surface area (Å²) in [6, 6.07) is 17.0. The molecule has 0 atom stereocenters. The largest absolute Gasteiger partial charge is 0.443 e. The summed E-state index contributed by atoms with van der Waals surface area (Å²) in [6.07, 6.45) is -7.70. The van der Waals surface area contributed by atoms with Crippen LogP contribution < -0.4 is 0 Å². The first kappa shape index (κ1) is 24.3. The maximum absolute atomic E-state index is 14.1. The number of nitrogens with zero attached hydrogens (tertiary/aromatic N) is 3. The van der Waals surface area contributed by atoms with Crippen molar-refractivity contribution in [3.05, 3.63) is 71.8 Å². The molecule has 0 amide bonds. The van der Waals surface area contributed by atoms with E-state index in [9.17, 15) is 26.3 Å². The highest BCUT2D eigenvalue weighted by Gasteiger charge is 2.74. The van der Waals surface area contributed by atoms with E-state index in [1.807, 2.05) is 30.3 Å². The topological polar surface area (TPSA) is 28.0 Å². The van der Waals surface area contributed by atoms with Crippen LogP contribution in [0.25, 0.3) is 0 Å². The lowest BCUT2D eigenvalue weighted by Crippen LogP contribution is -2.60. The van der Waals surface area contributed by atoms with Gasteiger partial charge in [0.1, 0.15) is 11.7 Å². The number of alkyl halides is 6. The van der Waals surface area contributed by atoms with Crippen molar-refractivity contribution in [2.45, 2.75) is 56.5 Å². The van der Waals surface area contributed by atoms with Crippen LogP contribution in [0.1, 0.15) is 43.2 Å². The SMILES string of the molecule is FC(F)(F)C1(C(F)(F)F)N=C(c2ccccc2)N(CCc2ccccc2)C(C2CCCCC2)=N1. The minimum Gasteiger partial charge on any atom is -0.314 e. The maximum atomic E-state index is 14.1. The standard InChI is InChI=1S/C25H25F6N3/c26-24(27,28)23(25(29,30)31)32-21(19-12-6-2-7-13-19)34(17-16-18-10-4-1-5-11-18)22(33-23)20-14-8-3-9-15-20/h1-2,4-7,10-13,20H,3,8-9,14-17H2. The van der Waals surface area contributed by atoms with Crippen LogP contribution in [0, 0.1) is 5.92 Å². The minimum absolute atomic E-state index is 0.166. The summed E-state index contributed by atoms with van der Waals surface area (Å²) in [5.74, 6) is -1.01. The Bertz CT molecular complexity index is 1010. The van der Waals surface area contributed by atoms with Crippen molar-refractivity contribution in [2.75, 3.05) is 6.54 Å². The molecule has 0 bridgehead atoms. The van der Waals surface area contributed by atoms with Crippen LogP contribution in [0.3, 0.4) is 0 Å². The van der Waals surface area contributed by atoms with Crippen LogP contribution in [0.2, 0.25) is 0 Å². The highest BCUT2D eigenvalue weighted by molar-refractivity contribution is 6.11. The molecule has 0 radical (unpaired) electrons. The fourth-order valence-corrected chi connectivity index (χ4v) is 4.57. The van der Waals surface area contributed by atoms with Crippen molar-refractivity contribution >= 4 is 11.7 Å². The van der Waals surface area contributed by atoms with E-state index >= 15 is 0 Å². The average molecular weight is 481 g/mol. The third-order valence-corrected chi connectivity index (χ3v) is 6.34. The van der Waals surface area contributed by atoms with Crippen LogP contribution in [-0.2, 0) is 6.42 Å². The third kappa shape index (κ3) is 4.70. The Balaban J connectivity index is 1.88.